The zero-order chi connectivity index (χ0) is 10.9. The van der Waals surface area contributed by atoms with Gasteiger partial charge < -0.3 is 11.1 Å². The van der Waals surface area contributed by atoms with E-state index in [-0.39, 0.29) is 0 Å². The van der Waals surface area contributed by atoms with E-state index in [1.54, 1.807) is 0 Å². The molecule has 0 aliphatic carbocycles. The third-order valence-corrected chi connectivity index (χ3v) is 5.99. The molecule has 0 aromatic rings. The van der Waals surface area contributed by atoms with Gasteiger partial charge in [0.1, 0.15) is 0 Å². The second-order valence-electron chi connectivity index (χ2n) is 4.90. The first-order valence-corrected chi connectivity index (χ1v) is 9.44. The molecule has 0 aliphatic rings. The normalized spacial score (nSPS) is 12.0. The highest BCUT2D eigenvalue weighted by molar-refractivity contribution is 6.77. The summed E-state index contributed by atoms with van der Waals surface area (Å²) in [7, 11) is -0.884. The fourth-order valence-electron chi connectivity index (χ4n) is 1.30. The van der Waals surface area contributed by atoms with Gasteiger partial charge in [0.25, 0.3) is 0 Å². The van der Waals surface area contributed by atoms with Crippen molar-refractivity contribution in [3.05, 3.63) is 0 Å². The molecule has 3 heteroatoms. The number of unbranched alkanes of at least 4 members (excludes halogenated alkanes) is 3. The monoisotopic (exact) mass is 216 g/mol. The maximum atomic E-state index is 5.43. The molecule has 0 saturated heterocycles. The minimum Gasteiger partial charge on any atom is -0.330 e. The van der Waals surface area contributed by atoms with Crippen LogP contribution in [0.2, 0.25) is 19.1 Å². The first kappa shape index (κ1) is 14.1. The van der Waals surface area contributed by atoms with E-state index in [4.69, 9.17) is 5.73 Å². The van der Waals surface area contributed by atoms with E-state index < -0.39 is 8.07 Å². The molecule has 0 aliphatic heterocycles. The van der Waals surface area contributed by atoms with Gasteiger partial charge in [-0.1, -0.05) is 38.9 Å². The second-order valence-corrected chi connectivity index (χ2v) is 10.3. The van der Waals surface area contributed by atoms with E-state index in [1.807, 2.05) is 0 Å². The van der Waals surface area contributed by atoms with Crippen LogP contribution >= 0.6 is 0 Å². The van der Waals surface area contributed by atoms with E-state index in [0.29, 0.717) is 0 Å². The zero-order valence-electron chi connectivity index (χ0n) is 10.2. The molecule has 0 aromatic carbocycles. The highest BCUT2D eigenvalue weighted by atomic mass is 28.3. The van der Waals surface area contributed by atoms with E-state index in [9.17, 15) is 0 Å². The van der Waals surface area contributed by atoms with Crippen molar-refractivity contribution < 1.29 is 0 Å². The summed E-state index contributed by atoms with van der Waals surface area (Å²) >= 11 is 0. The Morgan fingerprint density at radius 2 is 1.71 bits per heavy atom. The van der Waals surface area contributed by atoms with Crippen molar-refractivity contribution >= 4 is 8.07 Å². The van der Waals surface area contributed by atoms with Gasteiger partial charge in [-0.15, -0.1) is 0 Å². The standard InChI is InChI=1S/C11H28N2Si/c1-4-14(2,3)11-13-10-8-6-5-7-9-12/h13H,4-12H2,1-3H3. The Balaban J connectivity index is 3.13. The predicted molar refractivity (Wildman–Crippen MR) is 68.4 cm³/mol. The van der Waals surface area contributed by atoms with Gasteiger partial charge in [0.2, 0.25) is 0 Å². The third-order valence-electron chi connectivity index (χ3n) is 2.87. The molecule has 0 unspecified atom stereocenters. The van der Waals surface area contributed by atoms with E-state index in [0.717, 1.165) is 6.54 Å². The molecule has 0 saturated carbocycles. The molecule has 14 heavy (non-hydrogen) atoms. The van der Waals surface area contributed by atoms with Gasteiger partial charge in [0, 0.05) is 0 Å². The van der Waals surface area contributed by atoms with E-state index >= 15 is 0 Å². The van der Waals surface area contributed by atoms with Crippen LogP contribution in [0.1, 0.15) is 32.6 Å². The van der Waals surface area contributed by atoms with Crippen LogP contribution in [0.3, 0.4) is 0 Å². The largest absolute Gasteiger partial charge is 0.330 e. The molecule has 0 atom stereocenters. The highest BCUT2D eigenvalue weighted by Crippen LogP contribution is 2.06. The summed E-state index contributed by atoms with van der Waals surface area (Å²) in [6, 6.07) is 1.38. The molecule has 0 spiro atoms. The first-order valence-electron chi connectivity index (χ1n) is 6.03. The molecule has 0 bridgehead atoms. The maximum absolute atomic E-state index is 5.43. The van der Waals surface area contributed by atoms with Crippen LogP contribution in [0, 0.1) is 0 Å². The van der Waals surface area contributed by atoms with Crippen LogP contribution in [0.4, 0.5) is 0 Å². The smallest absolute Gasteiger partial charge is 0.0623 e. The lowest BCUT2D eigenvalue weighted by Gasteiger charge is -2.20. The van der Waals surface area contributed by atoms with Crippen molar-refractivity contribution in [1.29, 1.82) is 0 Å². The summed E-state index contributed by atoms with van der Waals surface area (Å²) in [5, 5.41) is 3.58. The topological polar surface area (TPSA) is 38.0 Å². The summed E-state index contributed by atoms with van der Waals surface area (Å²) in [4.78, 5) is 0. The Hall–Kier alpha value is 0.137. The molecular formula is C11H28N2Si. The summed E-state index contributed by atoms with van der Waals surface area (Å²) < 4.78 is 0. The summed E-state index contributed by atoms with van der Waals surface area (Å²) in [5.41, 5.74) is 5.43. The van der Waals surface area contributed by atoms with Crippen molar-refractivity contribution in [2.45, 2.75) is 51.7 Å². The molecular weight excluding hydrogens is 188 g/mol. The molecule has 2 nitrogen and oxygen atoms in total. The van der Waals surface area contributed by atoms with Crippen LogP contribution < -0.4 is 11.1 Å². The van der Waals surface area contributed by atoms with Gasteiger partial charge in [-0.05, 0) is 32.1 Å². The molecule has 86 valence electrons. The van der Waals surface area contributed by atoms with Crippen LogP contribution in [-0.4, -0.2) is 27.3 Å². The molecule has 0 rings (SSSR count). The Morgan fingerprint density at radius 3 is 2.29 bits per heavy atom. The minimum absolute atomic E-state index is 0.850. The van der Waals surface area contributed by atoms with Crippen molar-refractivity contribution in [2.24, 2.45) is 5.73 Å². The summed E-state index contributed by atoms with van der Waals surface area (Å²) in [6.07, 6.45) is 6.41. The molecule has 0 radical (unpaired) electrons. The first-order chi connectivity index (χ1) is 6.62. The number of nitrogens with two attached hydrogens (primary N) is 1. The second kappa shape index (κ2) is 8.45. The molecule has 0 fully saturated rings. The summed E-state index contributed by atoms with van der Waals surface area (Å²) in [5.74, 6) is 0. The van der Waals surface area contributed by atoms with Gasteiger partial charge in [0.15, 0.2) is 0 Å². The summed E-state index contributed by atoms with van der Waals surface area (Å²) in [6.45, 7) is 9.27. The van der Waals surface area contributed by atoms with Crippen molar-refractivity contribution in [3.8, 4) is 0 Å². The van der Waals surface area contributed by atoms with Crippen LogP contribution in [0.25, 0.3) is 0 Å². The third kappa shape index (κ3) is 8.72. The molecule has 0 heterocycles. The van der Waals surface area contributed by atoms with E-state index in [1.165, 1.54) is 44.4 Å². The average Bonchev–Trinajstić information content (AvgIpc) is 2.16. The van der Waals surface area contributed by atoms with Gasteiger partial charge in [-0.25, -0.2) is 0 Å². The Kier molecular flexibility index (Phi) is 8.53. The van der Waals surface area contributed by atoms with Crippen LogP contribution in [0.5, 0.6) is 0 Å². The maximum Gasteiger partial charge on any atom is 0.0623 e. The fraction of sp³-hybridized carbons (Fsp3) is 1.00. The van der Waals surface area contributed by atoms with Crippen molar-refractivity contribution in [3.63, 3.8) is 0 Å². The number of hydrogen-bond donors (Lipinski definition) is 2. The molecule has 0 aromatic heterocycles. The lowest BCUT2D eigenvalue weighted by molar-refractivity contribution is 0.613. The Bertz CT molecular complexity index is 126. The van der Waals surface area contributed by atoms with Crippen molar-refractivity contribution in [2.75, 3.05) is 19.3 Å². The van der Waals surface area contributed by atoms with Gasteiger partial charge in [0.05, 0.1) is 8.07 Å². The number of rotatable bonds is 9. The van der Waals surface area contributed by atoms with Crippen molar-refractivity contribution in [1.82, 2.24) is 5.32 Å². The highest BCUT2D eigenvalue weighted by Gasteiger charge is 2.16. The number of nitrogens with one attached hydrogen (secondary N) is 1. The molecule has 3 N–H and O–H groups in total. The fourth-order valence-corrected chi connectivity index (χ4v) is 2.40. The van der Waals surface area contributed by atoms with Gasteiger partial charge in [-0.3, -0.25) is 0 Å². The lowest BCUT2D eigenvalue weighted by Crippen LogP contribution is -2.39. The Morgan fingerprint density at radius 1 is 1.07 bits per heavy atom. The predicted octanol–water partition coefficient (Wildman–Crippen LogP) is 2.36. The lowest BCUT2D eigenvalue weighted by atomic mass is 10.2. The average molecular weight is 216 g/mol. The zero-order valence-corrected chi connectivity index (χ0v) is 11.2. The van der Waals surface area contributed by atoms with Crippen LogP contribution in [-0.2, 0) is 0 Å². The minimum atomic E-state index is -0.884. The quantitative estimate of drug-likeness (QED) is 0.459. The van der Waals surface area contributed by atoms with E-state index in [2.05, 4.69) is 25.3 Å². The Labute approximate surface area is 90.7 Å². The van der Waals surface area contributed by atoms with Crippen LogP contribution in [0.15, 0.2) is 0 Å². The van der Waals surface area contributed by atoms with Gasteiger partial charge >= 0.3 is 0 Å². The van der Waals surface area contributed by atoms with Gasteiger partial charge in [-0.2, -0.15) is 0 Å². The molecule has 0 amide bonds. The SMILES string of the molecule is CC[Si](C)(C)CNCCCCCCN. The number of hydrogen-bond acceptors (Lipinski definition) is 2.